The zero-order valence-corrected chi connectivity index (χ0v) is 11.6. The van der Waals surface area contributed by atoms with Gasteiger partial charge in [-0.15, -0.1) is 0 Å². The Morgan fingerprint density at radius 2 is 1.90 bits per heavy atom. The maximum Gasteiger partial charge on any atom is 0.412 e. The monoisotopic (exact) mass is 285 g/mol. The average Bonchev–Trinajstić information content (AvgIpc) is 2.27. The highest BCUT2D eigenvalue weighted by Crippen LogP contribution is 2.28. The predicted molar refractivity (Wildman–Crippen MR) is 69.8 cm³/mol. The number of rotatable bonds is 3. The number of methoxy groups -OCH3 is 1. The quantitative estimate of drug-likeness (QED) is 0.892. The lowest BCUT2D eigenvalue weighted by Gasteiger charge is -2.20. The van der Waals surface area contributed by atoms with Crippen LogP contribution in [0.4, 0.5) is 14.9 Å². The van der Waals surface area contributed by atoms with Crippen molar-refractivity contribution in [2.75, 3.05) is 12.4 Å². The summed E-state index contributed by atoms with van der Waals surface area (Å²) in [6.45, 7) is 5.03. The molecule has 1 rings (SSSR count). The highest BCUT2D eigenvalue weighted by molar-refractivity contribution is 5.93. The molecule has 0 saturated carbocycles. The molecule has 2 N–H and O–H groups in total. The minimum atomic E-state index is -1.45. The number of amides is 1. The number of benzene rings is 1. The largest absolute Gasteiger partial charge is 0.494 e. The smallest absolute Gasteiger partial charge is 0.412 e. The zero-order chi connectivity index (χ0) is 15.5. The van der Waals surface area contributed by atoms with E-state index in [1.807, 2.05) is 0 Å². The van der Waals surface area contributed by atoms with Gasteiger partial charge >= 0.3 is 12.1 Å². The third-order valence-corrected chi connectivity index (χ3v) is 2.16. The second kappa shape index (κ2) is 5.77. The van der Waals surface area contributed by atoms with Crippen LogP contribution in [0, 0.1) is 5.82 Å². The van der Waals surface area contributed by atoms with E-state index >= 15 is 0 Å². The molecule has 6 nitrogen and oxygen atoms in total. The predicted octanol–water partition coefficient (Wildman–Crippen LogP) is 2.88. The Labute approximate surface area is 115 Å². The van der Waals surface area contributed by atoms with Crippen LogP contribution < -0.4 is 10.1 Å². The van der Waals surface area contributed by atoms with Gasteiger partial charge in [-0.25, -0.2) is 14.0 Å². The highest BCUT2D eigenvalue weighted by Gasteiger charge is 2.20. The molecule has 110 valence electrons. The van der Waals surface area contributed by atoms with Gasteiger partial charge in [0.25, 0.3) is 0 Å². The molecule has 1 aromatic rings. The van der Waals surface area contributed by atoms with E-state index in [-0.39, 0.29) is 11.4 Å². The van der Waals surface area contributed by atoms with Crippen molar-refractivity contribution in [1.29, 1.82) is 0 Å². The van der Waals surface area contributed by atoms with Crippen molar-refractivity contribution in [2.45, 2.75) is 26.4 Å². The summed E-state index contributed by atoms with van der Waals surface area (Å²) in [7, 11) is 1.27. The van der Waals surface area contributed by atoms with Crippen LogP contribution in [-0.4, -0.2) is 29.9 Å². The molecule has 0 aliphatic heterocycles. The Morgan fingerprint density at radius 3 is 2.35 bits per heavy atom. The normalized spacial score (nSPS) is 10.8. The number of carboxylic acids is 1. The van der Waals surface area contributed by atoms with E-state index in [2.05, 4.69) is 5.32 Å². The number of hydrogen-bond acceptors (Lipinski definition) is 4. The zero-order valence-electron chi connectivity index (χ0n) is 11.6. The molecule has 20 heavy (non-hydrogen) atoms. The molecule has 7 heteroatoms. The van der Waals surface area contributed by atoms with Crippen molar-refractivity contribution in [2.24, 2.45) is 0 Å². The molecule has 0 spiro atoms. The van der Waals surface area contributed by atoms with Crippen LogP contribution in [0.15, 0.2) is 12.1 Å². The van der Waals surface area contributed by atoms with Crippen LogP contribution in [0.2, 0.25) is 0 Å². The van der Waals surface area contributed by atoms with Crippen molar-refractivity contribution in [3.05, 3.63) is 23.5 Å². The van der Waals surface area contributed by atoms with Crippen LogP contribution in [0.25, 0.3) is 0 Å². The number of anilines is 1. The summed E-state index contributed by atoms with van der Waals surface area (Å²) in [6.07, 6.45) is -0.793. The molecule has 0 saturated heterocycles. The molecule has 0 aromatic heterocycles. The molecule has 0 aliphatic carbocycles. The first-order chi connectivity index (χ1) is 9.14. The average molecular weight is 285 g/mol. The number of hydrogen-bond donors (Lipinski definition) is 2. The molecular weight excluding hydrogens is 269 g/mol. The van der Waals surface area contributed by atoms with Gasteiger partial charge in [-0.2, -0.15) is 0 Å². The molecule has 0 fully saturated rings. The van der Waals surface area contributed by atoms with Crippen LogP contribution >= 0.6 is 0 Å². The van der Waals surface area contributed by atoms with Gasteiger partial charge in [-0.05, 0) is 26.8 Å². The Kier molecular flexibility index (Phi) is 4.54. The first kappa shape index (κ1) is 15.7. The van der Waals surface area contributed by atoms with Gasteiger partial charge in [0.1, 0.15) is 17.2 Å². The van der Waals surface area contributed by atoms with Crippen LogP contribution in [0.5, 0.6) is 5.75 Å². The SMILES string of the molecule is COc1cc(F)c(C(=O)O)cc1NC(=O)OC(C)(C)C. The lowest BCUT2D eigenvalue weighted by molar-refractivity contribution is 0.0631. The topological polar surface area (TPSA) is 84.9 Å². The Morgan fingerprint density at radius 1 is 1.30 bits per heavy atom. The van der Waals surface area contributed by atoms with Crippen LogP contribution in [0.1, 0.15) is 31.1 Å². The summed E-state index contributed by atoms with van der Waals surface area (Å²) in [5, 5.41) is 11.2. The number of carboxylic acid groups (broad SMARTS) is 1. The molecule has 0 atom stereocenters. The fraction of sp³-hybridized carbons (Fsp3) is 0.385. The van der Waals surface area contributed by atoms with Crippen molar-refractivity contribution in [3.8, 4) is 5.75 Å². The van der Waals surface area contributed by atoms with E-state index in [1.54, 1.807) is 20.8 Å². The molecule has 1 aromatic carbocycles. The van der Waals surface area contributed by atoms with E-state index in [0.717, 1.165) is 12.1 Å². The van der Waals surface area contributed by atoms with Gasteiger partial charge < -0.3 is 14.6 Å². The third kappa shape index (κ3) is 4.11. The van der Waals surface area contributed by atoms with Gasteiger partial charge in [0.2, 0.25) is 0 Å². The standard InChI is InChI=1S/C13H16FNO5/c1-13(2,3)20-12(18)15-9-5-7(11(16)17)8(14)6-10(9)19-4/h5-6H,1-4H3,(H,15,18)(H,16,17). The maximum atomic E-state index is 13.5. The second-order valence-electron chi connectivity index (χ2n) is 4.96. The summed E-state index contributed by atoms with van der Waals surface area (Å²) >= 11 is 0. The Balaban J connectivity index is 3.07. The molecule has 0 heterocycles. The maximum absolute atomic E-state index is 13.5. The first-order valence-electron chi connectivity index (χ1n) is 5.75. The van der Waals surface area contributed by atoms with Gasteiger partial charge in [-0.3, -0.25) is 5.32 Å². The Bertz CT molecular complexity index is 536. The molecule has 1 amide bonds. The molecule has 0 unspecified atom stereocenters. The van der Waals surface area contributed by atoms with E-state index in [9.17, 15) is 14.0 Å². The van der Waals surface area contributed by atoms with E-state index in [1.165, 1.54) is 7.11 Å². The summed E-state index contributed by atoms with van der Waals surface area (Å²) in [6, 6.07) is 1.86. The number of ether oxygens (including phenoxy) is 2. The Hall–Kier alpha value is -2.31. The molecule has 0 radical (unpaired) electrons. The number of nitrogens with one attached hydrogen (secondary N) is 1. The van der Waals surface area contributed by atoms with E-state index in [4.69, 9.17) is 14.6 Å². The summed E-state index contributed by atoms with van der Waals surface area (Å²) < 4.78 is 23.4. The van der Waals surface area contributed by atoms with Gasteiger partial charge in [-0.1, -0.05) is 0 Å². The van der Waals surface area contributed by atoms with E-state index < -0.39 is 29.0 Å². The van der Waals surface area contributed by atoms with Gasteiger partial charge in [0.05, 0.1) is 18.4 Å². The minimum Gasteiger partial charge on any atom is -0.494 e. The highest BCUT2D eigenvalue weighted by atomic mass is 19.1. The second-order valence-corrected chi connectivity index (χ2v) is 4.96. The van der Waals surface area contributed by atoms with Crippen LogP contribution in [0.3, 0.4) is 0 Å². The summed E-state index contributed by atoms with van der Waals surface area (Å²) in [4.78, 5) is 22.5. The van der Waals surface area contributed by atoms with Crippen molar-refractivity contribution >= 4 is 17.7 Å². The van der Waals surface area contributed by atoms with Crippen molar-refractivity contribution in [1.82, 2.24) is 0 Å². The third-order valence-electron chi connectivity index (χ3n) is 2.16. The summed E-state index contributed by atoms with van der Waals surface area (Å²) in [5.41, 5.74) is -1.27. The fourth-order valence-corrected chi connectivity index (χ4v) is 1.40. The van der Waals surface area contributed by atoms with Crippen LogP contribution in [-0.2, 0) is 4.74 Å². The fourth-order valence-electron chi connectivity index (χ4n) is 1.40. The molecule has 0 bridgehead atoms. The number of aromatic carboxylic acids is 1. The van der Waals surface area contributed by atoms with Gasteiger partial charge in [0, 0.05) is 6.07 Å². The molecular formula is C13H16FNO5. The lowest BCUT2D eigenvalue weighted by Crippen LogP contribution is -2.27. The number of carbonyl (C=O) groups is 2. The van der Waals surface area contributed by atoms with Crippen molar-refractivity contribution in [3.63, 3.8) is 0 Å². The molecule has 0 aliphatic rings. The summed E-state index contributed by atoms with van der Waals surface area (Å²) in [5.74, 6) is -2.40. The number of halogens is 1. The first-order valence-corrected chi connectivity index (χ1v) is 5.75. The van der Waals surface area contributed by atoms with Gasteiger partial charge in [0.15, 0.2) is 0 Å². The van der Waals surface area contributed by atoms with Crippen molar-refractivity contribution < 1.29 is 28.6 Å². The minimum absolute atomic E-state index is 0.00152. The lowest BCUT2D eigenvalue weighted by atomic mass is 10.1. The van der Waals surface area contributed by atoms with E-state index in [0.29, 0.717) is 0 Å². The number of carbonyl (C=O) groups excluding carboxylic acids is 1.